The Labute approximate surface area is 215 Å². The molecule has 0 amide bonds. The second kappa shape index (κ2) is 11.0. The number of thioether (sulfide) groups is 1. The highest BCUT2D eigenvalue weighted by Gasteiger charge is 2.43. The van der Waals surface area contributed by atoms with Gasteiger partial charge in [0, 0.05) is 42.2 Å². The number of hydrogen-bond acceptors (Lipinski definition) is 9. The summed E-state index contributed by atoms with van der Waals surface area (Å²) in [6, 6.07) is 5.11. The topological polar surface area (TPSA) is 85.3 Å². The van der Waals surface area contributed by atoms with E-state index in [4.69, 9.17) is 9.47 Å². The van der Waals surface area contributed by atoms with Gasteiger partial charge in [-0.05, 0) is 43.4 Å². The first-order chi connectivity index (χ1) is 17.6. The van der Waals surface area contributed by atoms with Gasteiger partial charge in [-0.1, -0.05) is 13.3 Å². The van der Waals surface area contributed by atoms with Gasteiger partial charge in [-0.3, -0.25) is 0 Å². The first-order valence-corrected chi connectivity index (χ1v) is 13.5. The average molecular weight is 511 g/mol. The number of benzene rings is 1. The van der Waals surface area contributed by atoms with Crippen molar-refractivity contribution in [3.63, 3.8) is 0 Å². The molecule has 2 saturated heterocycles. The summed E-state index contributed by atoms with van der Waals surface area (Å²) in [5.41, 5.74) is 2.26. The Bertz CT molecular complexity index is 1180. The summed E-state index contributed by atoms with van der Waals surface area (Å²) in [7, 11) is 0. The first kappa shape index (κ1) is 24.7. The van der Waals surface area contributed by atoms with Gasteiger partial charge < -0.3 is 19.7 Å². The molecule has 1 aromatic carbocycles. The number of hydrogen-bond donors (Lipinski definition) is 1. The van der Waals surface area contributed by atoms with Gasteiger partial charge in [0.2, 0.25) is 11.8 Å². The van der Waals surface area contributed by atoms with E-state index in [-0.39, 0.29) is 23.8 Å². The molecular weight excluding hydrogens is 479 g/mol. The highest BCUT2D eigenvalue weighted by molar-refractivity contribution is 7.98. The van der Waals surface area contributed by atoms with Crippen molar-refractivity contribution in [3.05, 3.63) is 53.9 Å². The fourth-order valence-electron chi connectivity index (χ4n) is 4.84. The predicted molar refractivity (Wildman–Crippen MR) is 139 cm³/mol. The summed E-state index contributed by atoms with van der Waals surface area (Å²) in [6.07, 6.45) is 9.24. The summed E-state index contributed by atoms with van der Waals surface area (Å²) in [5, 5.41) is 3.10. The molecule has 2 bridgehead atoms. The van der Waals surface area contributed by atoms with E-state index in [0.29, 0.717) is 30.6 Å². The smallest absolute Gasteiger partial charge is 0.225 e. The van der Waals surface area contributed by atoms with Gasteiger partial charge in [0.05, 0.1) is 24.5 Å². The van der Waals surface area contributed by atoms with Gasteiger partial charge in [-0.2, -0.15) is 0 Å². The lowest BCUT2D eigenvalue weighted by atomic mass is 9.84. The van der Waals surface area contributed by atoms with E-state index < -0.39 is 0 Å². The van der Waals surface area contributed by atoms with Crippen LogP contribution in [0.1, 0.15) is 24.5 Å². The molecule has 5 rings (SSSR count). The maximum absolute atomic E-state index is 14.5. The molecular formula is C26H31FN6O2S. The van der Waals surface area contributed by atoms with Crippen molar-refractivity contribution in [1.82, 2.24) is 19.9 Å². The number of aryl methyl sites for hydroxylation is 1. The Balaban J connectivity index is 1.30. The van der Waals surface area contributed by atoms with Crippen molar-refractivity contribution < 1.29 is 13.9 Å². The van der Waals surface area contributed by atoms with Crippen LogP contribution in [-0.4, -0.2) is 58.6 Å². The number of piperidine rings is 1. The van der Waals surface area contributed by atoms with Gasteiger partial charge >= 0.3 is 0 Å². The Morgan fingerprint density at radius 3 is 2.56 bits per heavy atom. The number of rotatable bonds is 8. The summed E-state index contributed by atoms with van der Waals surface area (Å²) >= 11 is 1.50. The monoisotopic (exact) mass is 510 g/mol. The van der Waals surface area contributed by atoms with Crippen LogP contribution in [0.15, 0.2) is 41.8 Å². The number of fused-ring (bicyclic) bond motifs is 2. The summed E-state index contributed by atoms with van der Waals surface area (Å²) in [4.78, 5) is 21.1. The minimum atomic E-state index is -0.327. The second-order valence-electron chi connectivity index (χ2n) is 9.31. The second-order valence-corrected chi connectivity index (χ2v) is 10.2. The van der Waals surface area contributed by atoms with Crippen LogP contribution in [0, 0.1) is 24.6 Å². The van der Waals surface area contributed by atoms with Crippen LogP contribution in [0.3, 0.4) is 0 Å². The fraction of sp³-hybridized carbons (Fsp3) is 0.462. The van der Waals surface area contributed by atoms with E-state index in [1.807, 2.05) is 31.6 Å². The summed E-state index contributed by atoms with van der Waals surface area (Å²) < 4.78 is 26.9. The Hall–Kier alpha value is -2.98. The SMILES string of the molecule is CCCc1cnc(N2CC3COCC(C2)C3Oc2ncnc(Nc3ccc(SC)cc3F)c2C)nc1. The van der Waals surface area contributed by atoms with Gasteiger partial charge in [0.1, 0.15) is 24.1 Å². The van der Waals surface area contributed by atoms with E-state index in [2.05, 4.69) is 37.1 Å². The molecule has 2 atom stereocenters. The number of nitrogens with one attached hydrogen (secondary N) is 1. The van der Waals surface area contributed by atoms with Crippen molar-refractivity contribution in [3.8, 4) is 5.88 Å². The molecule has 1 N–H and O–H groups in total. The normalized spacial score (nSPS) is 21.3. The summed E-state index contributed by atoms with van der Waals surface area (Å²) in [6.45, 7) is 6.74. The van der Waals surface area contributed by atoms with E-state index in [1.54, 1.807) is 6.07 Å². The maximum atomic E-state index is 14.5. The van der Waals surface area contributed by atoms with Crippen molar-refractivity contribution in [2.24, 2.45) is 11.8 Å². The number of halogens is 1. The van der Waals surface area contributed by atoms with E-state index in [9.17, 15) is 4.39 Å². The van der Waals surface area contributed by atoms with Crippen LogP contribution >= 0.6 is 11.8 Å². The van der Waals surface area contributed by atoms with Crippen LogP contribution in [0.2, 0.25) is 0 Å². The van der Waals surface area contributed by atoms with Gasteiger partial charge in [-0.25, -0.2) is 24.3 Å². The molecule has 4 heterocycles. The minimum absolute atomic E-state index is 0.0478. The Kier molecular flexibility index (Phi) is 7.52. The van der Waals surface area contributed by atoms with Crippen LogP contribution in [0.25, 0.3) is 0 Å². The zero-order valence-electron chi connectivity index (χ0n) is 20.8. The highest BCUT2D eigenvalue weighted by atomic mass is 32.2. The molecule has 36 heavy (non-hydrogen) atoms. The Morgan fingerprint density at radius 1 is 1.14 bits per heavy atom. The molecule has 0 spiro atoms. The lowest BCUT2D eigenvalue weighted by Gasteiger charge is -2.46. The molecule has 0 radical (unpaired) electrons. The third kappa shape index (κ3) is 5.24. The lowest BCUT2D eigenvalue weighted by molar-refractivity contribution is -0.0771. The van der Waals surface area contributed by atoms with Crippen molar-refractivity contribution in [1.29, 1.82) is 0 Å². The Morgan fingerprint density at radius 2 is 1.89 bits per heavy atom. The highest BCUT2D eigenvalue weighted by Crippen LogP contribution is 2.34. The number of nitrogens with zero attached hydrogens (tertiary/aromatic N) is 5. The molecule has 2 unspecified atom stereocenters. The molecule has 0 saturated carbocycles. The summed E-state index contributed by atoms with van der Waals surface area (Å²) in [5.74, 6) is 1.76. The molecule has 2 aliphatic rings. The zero-order valence-corrected chi connectivity index (χ0v) is 21.6. The molecule has 0 aliphatic carbocycles. The zero-order chi connectivity index (χ0) is 25.1. The van der Waals surface area contributed by atoms with Gasteiger partial charge in [0.25, 0.3) is 0 Å². The average Bonchev–Trinajstić information content (AvgIpc) is 2.88. The number of aromatic nitrogens is 4. The molecule has 8 nitrogen and oxygen atoms in total. The standard InChI is InChI=1S/C26H31FN6O2S/c1-4-5-17-9-28-26(29-10-17)33-11-18-13-34-14-19(12-33)23(18)35-25-16(2)24(30-15-31-25)32-22-7-6-20(36-3)8-21(22)27/h6-10,15,18-19,23H,4-5,11-14H2,1-3H3,(H,30,31,32). The lowest BCUT2D eigenvalue weighted by Crippen LogP contribution is -2.58. The van der Waals surface area contributed by atoms with Crippen LogP contribution < -0.4 is 15.0 Å². The van der Waals surface area contributed by atoms with Crippen LogP contribution in [0.5, 0.6) is 5.88 Å². The molecule has 2 aliphatic heterocycles. The third-order valence-electron chi connectivity index (χ3n) is 6.73. The van der Waals surface area contributed by atoms with E-state index in [0.717, 1.165) is 47.9 Å². The molecule has 3 aromatic rings. The third-order valence-corrected chi connectivity index (χ3v) is 7.46. The fourth-order valence-corrected chi connectivity index (χ4v) is 5.27. The first-order valence-electron chi connectivity index (χ1n) is 12.3. The predicted octanol–water partition coefficient (Wildman–Crippen LogP) is 4.66. The number of anilines is 3. The van der Waals surface area contributed by atoms with Crippen LogP contribution in [-0.2, 0) is 11.2 Å². The van der Waals surface area contributed by atoms with Crippen molar-refractivity contribution >= 4 is 29.2 Å². The largest absolute Gasteiger partial charge is 0.473 e. The van der Waals surface area contributed by atoms with Gasteiger partial charge in [-0.15, -0.1) is 11.8 Å². The minimum Gasteiger partial charge on any atom is -0.473 e. The molecule has 190 valence electrons. The van der Waals surface area contributed by atoms with E-state index >= 15 is 0 Å². The van der Waals surface area contributed by atoms with Crippen molar-refractivity contribution in [2.75, 3.05) is 42.8 Å². The molecule has 2 aromatic heterocycles. The maximum Gasteiger partial charge on any atom is 0.225 e. The quantitative estimate of drug-likeness (QED) is 0.435. The van der Waals surface area contributed by atoms with Crippen molar-refractivity contribution in [2.45, 2.75) is 37.7 Å². The van der Waals surface area contributed by atoms with Gasteiger partial charge in [0.15, 0.2) is 0 Å². The number of ether oxygens (including phenoxy) is 2. The van der Waals surface area contributed by atoms with E-state index in [1.165, 1.54) is 24.2 Å². The molecule has 2 fully saturated rings. The van der Waals surface area contributed by atoms with Crippen LogP contribution in [0.4, 0.5) is 21.8 Å². The molecule has 10 heteroatoms.